The van der Waals surface area contributed by atoms with Crippen LogP contribution in [0.5, 0.6) is 5.75 Å². The second-order valence-electron chi connectivity index (χ2n) is 4.54. The highest BCUT2D eigenvalue weighted by atomic mass is 35.5. The van der Waals surface area contributed by atoms with Crippen molar-refractivity contribution < 1.29 is 4.74 Å². The van der Waals surface area contributed by atoms with Gasteiger partial charge in [-0.05, 0) is 61.3 Å². The number of nitrogens with one attached hydrogen (secondary N) is 1. The maximum atomic E-state index is 5.81. The molecular formula is C16H19ClN2O. The first kappa shape index (κ1) is 14.8. The van der Waals surface area contributed by atoms with Gasteiger partial charge in [-0.2, -0.15) is 0 Å². The Bertz CT molecular complexity index is 488. The van der Waals surface area contributed by atoms with Crippen molar-refractivity contribution in [1.82, 2.24) is 10.3 Å². The molecule has 0 fully saturated rings. The molecule has 3 nitrogen and oxygen atoms in total. The fourth-order valence-electron chi connectivity index (χ4n) is 1.81. The molecule has 0 aliphatic heterocycles. The minimum Gasteiger partial charge on any atom is -0.494 e. The second-order valence-corrected chi connectivity index (χ2v) is 4.98. The van der Waals surface area contributed by atoms with E-state index in [0.29, 0.717) is 0 Å². The zero-order valence-corrected chi connectivity index (χ0v) is 12.1. The molecule has 0 saturated carbocycles. The molecule has 1 heterocycles. The SMILES string of the molecule is Clc1ccc(OCCCCNCc2ccncc2)cc1. The smallest absolute Gasteiger partial charge is 0.119 e. The number of unbranched alkanes of at least 4 members (excludes halogenated alkanes) is 1. The summed E-state index contributed by atoms with van der Waals surface area (Å²) in [6, 6.07) is 11.5. The lowest BCUT2D eigenvalue weighted by molar-refractivity contribution is 0.306. The van der Waals surface area contributed by atoms with E-state index in [2.05, 4.69) is 10.3 Å². The Hall–Kier alpha value is -1.58. The Balaban J connectivity index is 1.51. The van der Waals surface area contributed by atoms with Crippen LogP contribution >= 0.6 is 11.6 Å². The number of pyridine rings is 1. The number of nitrogens with zero attached hydrogens (tertiary/aromatic N) is 1. The maximum Gasteiger partial charge on any atom is 0.119 e. The van der Waals surface area contributed by atoms with Crippen LogP contribution in [0, 0.1) is 0 Å². The van der Waals surface area contributed by atoms with Crippen LogP contribution in [-0.2, 0) is 6.54 Å². The molecule has 0 spiro atoms. The number of rotatable bonds is 8. The first-order valence-corrected chi connectivity index (χ1v) is 7.20. The Kier molecular flexibility index (Phi) is 6.35. The summed E-state index contributed by atoms with van der Waals surface area (Å²) in [7, 11) is 0. The summed E-state index contributed by atoms with van der Waals surface area (Å²) in [4.78, 5) is 4.00. The third kappa shape index (κ3) is 5.59. The van der Waals surface area contributed by atoms with E-state index < -0.39 is 0 Å². The van der Waals surface area contributed by atoms with Gasteiger partial charge in [0, 0.05) is 24.0 Å². The number of ether oxygens (including phenoxy) is 1. The lowest BCUT2D eigenvalue weighted by Crippen LogP contribution is -2.15. The summed E-state index contributed by atoms with van der Waals surface area (Å²) < 4.78 is 5.63. The molecule has 0 amide bonds. The molecule has 2 rings (SSSR count). The number of hydrogen-bond donors (Lipinski definition) is 1. The fraction of sp³-hybridized carbons (Fsp3) is 0.312. The average Bonchev–Trinajstić information content (AvgIpc) is 2.49. The Morgan fingerprint density at radius 1 is 1.00 bits per heavy atom. The number of benzene rings is 1. The van der Waals surface area contributed by atoms with E-state index in [4.69, 9.17) is 16.3 Å². The highest BCUT2D eigenvalue weighted by Gasteiger charge is 1.95. The van der Waals surface area contributed by atoms with Gasteiger partial charge in [0.2, 0.25) is 0 Å². The van der Waals surface area contributed by atoms with E-state index in [0.717, 1.165) is 43.3 Å². The van der Waals surface area contributed by atoms with Crippen LogP contribution in [0.2, 0.25) is 5.02 Å². The summed E-state index contributed by atoms with van der Waals surface area (Å²) in [6.07, 6.45) is 5.76. The van der Waals surface area contributed by atoms with Crippen LogP contribution in [0.3, 0.4) is 0 Å². The van der Waals surface area contributed by atoms with Crippen molar-refractivity contribution >= 4 is 11.6 Å². The number of aromatic nitrogens is 1. The van der Waals surface area contributed by atoms with Crippen LogP contribution in [0.4, 0.5) is 0 Å². The highest BCUT2D eigenvalue weighted by molar-refractivity contribution is 6.30. The van der Waals surface area contributed by atoms with E-state index in [9.17, 15) is 0 Å². The highest BCUT2D eigenvalue weighted by Crippen LogP contribution is 2.15. The lowest BCUT2D eigenvalue weighted by Gasteiger charge is -2.07. The van der Waals surface area contributed by atoms with Gasteiger partial charge < -0.3 is 10.1 Å². The Morgan fingerprint density at radius 2 is 1.75 bits per heavy atom. The van der Waals surface area contributed by atoms with Crippen LogP contribution in [0.15, 0.2) is 48.8 Å². The Morgan fingerprint density at radius 3 is 2.50 bits per heavy atom. The minimum absolute atomic E-state index is 0.734. The largest absolute Gasteiger partial charge is 0.494 e. The van der Waals surface area contributed by atoms with Gasteiger partial charge >= 0.3 is 0 Å². The van der Waals surface area contributed by atoms with Crippen molar-refractivity contribution in [3.05, 3.63) is 59.4 Å². The predicted octanol–water partition coefficient (Wildman–Crippen LogP) is 3.68. The standard InChI is InChI=1S/C16H19ClN2O/c17-15-3-5-16(6-4-15)20-12-2-1-9-19-13-14-7-10-18-11-8-14/h3-8,10-11,19H,1-2,9,12-13H2. The maximum absolute atomic E-state index is 5.81. The van der Waals surface area contributed by atoms with E-state index in [1.165, 1.54) is 5.56 Å². The van der Waals surface area contributed by atoms with Crippen LogP contribution in [0.1, 0.15) is 18.4 Å². The molecule has 0 atom stereocenters. The van der Waals surface area contributed by atoms with Gasteiger partial charge in [0.25, 0.3) is 0 Å². The van der Waals surface area contributed by atoms with Crippen molar-refractivity contribution in [2.75, 3.05) is 13.2 Å². The quantitative estimate of drug-likeness (QED) is 0.753. The zero-order chi connectivity index (χ0) is 14.0. The molecule has 106 valence electrons. The molecule has 2 aromatic rings. The minimum atomic E-state index is 0.734. The predicted molar refractivity (Wildman–Crippen MR) is 82.1 cm³/mol. The summed E-state index contributed by atoms with van der Waals surface area (Å²) in [5.41, 5.74) is 1.26. The first-order chi connectivity index (χ1) is 9.84. The second kappa shape index (κ2) is 8.56. The molecule has 20 heavy (non-hydrogen) atoms. The Labute approximate surface area is 124 Å². The van der Waals surface area contributed by atoms with Crippen LogP contribution in [-0.4, -0.2) is 18.1 Å². The molecule has 1 aromatic heterocycles. The van der Waals surface area contributed by atoms with E-state index in [1.54, 1.807) is 0 Å². The summed E-state index contributed by atoms with van der Waals surface area (Å²) >= 11 is 5.81. The molecule has 1 aromatic carbocycles. The van der Waals surface area contributed by atoms with Gasteiger partial charge in [-0.25, -0.2) is 0 Å². The van der Waals surface area contributed by atoms with Crippen LogP contribution in [0.25, 0.3) is 0 Å². The molecule has 0 aliphatic rings. The zero-order valence-electron chi connectivity index (χ0n) is 11.4. The van der Waals surface area contributed by atoms with Crippen LogP contribution < -0.4 is 10.1 Å². The van der Waals surface area contributed by atoms with E-state index >= 15 is 0 Å². The molecule has 4 heteroatoms. The normalized spacial score (nSPS) is 10.4. The molecule has 0 aliphatic carbocycles. The topological polar surface area (TPSA) is 34.1 Å². The molecule has 0 bridgehead atoms. The van der Waals surface area contributed by atoms with Crippen molar-refractivity contribution in [2.45, 2.75) is 19.4 Å². The van der Waals surface area contributed by atoms with Gasteiger partial charge in [0.05, 0.1) is 6.61 Å². The van der Waals surface area contributed by atoms with Gasteiger partial charge in [0.15, 0.2) is 0 Å². The third-order valence-electron chi connectivity index (χ3n) is 2.91. The van der Waals surface area contributed by atoms with E-state index in [-0.39, 0.29) is 0 Å². The fourth-order valence-corrected chi connectivity index (χ4v) is 1.93. The molecule has 0 unspecified atom stereocenters. The molecule has 0 radical (unpaired) electrons. The van der Waals surface area contributed by atoms with Gasteiger partial charge in [-0.3, -0.25) is 4.98 Å². The number of hydrogen-bond acceptors (Lipinski definition) is 3. The first-order valence-electron chi connectivity index (χ1n) is 6.82. The average molecular weight is 291 g/mol. The van der Waals surface area contributed by atoms with Crippen molar-refractivity contribution in [3.8, 4) is 5.75 Å². The molecule has 1 N–H and O–H groups in total. The monoisotopic (exact) mass is 290 g/mol. The molecular weight excluding hydrogens is 272 g/mol. The third-order valence-corrected chi connectivity index (χ3v) is 3.16. The number of halogens is 1. The van der Waals surface area contributed by atoms with Gasteiger partial charge in [0.1, 0.15) is 5.75 Å². The van der Waals surface area contributed by atoms with Gasteiger partial charge in [-0.1, -0.05) is 11.6 Å². The van der Waals surface area contributed by atoms with E-state index in [1.807, 2.05) is 48.8 Å². The van der Waals surface area contributed by atoms with Crippen molar-refractivity contribution in [1.29, 1.82) is 0 Å². The molecule has 0 saturated heterocycles. The van der Waals surface area contributed by atoms with Crippen molar-refractivity contribution in [3.63, 3.8) is 0 Å². The van der Waals surface area contributed by atoms with Gasteiger partial charge in [-0.15, -0.1) is 0 Å². The lowest BCUT2D eigenvalue weighted by atomic mass is 10.2. The summed E-state index contributed by atoms with van der Waals surface area (Å²) in [5, 5.41) is 4.14. The summed E-state index contributed by atoms with van der Waals surface area (Å²) in [6.45, 7) is 2.62. The van der Waals surface area contributed by atoms with Crippen molar-refractivity contribution in [2.24, 2.45) is 0 Å². The summed E-state index contributed by atoms with van der Waals surface area (Å²) in [5.74, 6) is 0.874.